The number of rotatable bonds is 6. The van der Waals surface area contributed by atoms with E-state index in [0.29, 0.717) is 24.7 Å². The SMILES string of the molecule is CN(C[C@H]1COc2ccccc2O1)C(=O)CCNS(C)(=O)=O. The Kier molecular flexibility index (Phi) is 5.25. The standard InChI is InChI=1S/C14H20N2O5S/c1-16(14(17)7-8-15-22(2,18)19)9-11-10-20-12-5-3-4-6-13(12)21-11/h3-6,11,15H,7-10H2,1-2H3/t11-/m0/s1. The molecule has 0 aliphatic carbocycles. The first-order chi connectivity index (χ1) is 10.3. The van der Waals surface area contributed by atoms with Gasteiger partial charge in [-0.15, -0.1) is 0 Å². The molecule has 0 bridgehead atoms. The Hall–Kier alpha value is -1.80. The van der Waals surface area contributed by atoms with E-state index >= 15 is 0 Å². The molecule has 1 atom stereocenters. The van der Waals surface area contributed by atoms with Crippen LogP contribution in [-0.2, 0) is 14.8 Å². The number of hydrogen-bond donors (Lipinski definition) is 1. The highest BCUT2D eigenvalue weighted by Gasteiger charge is 2.23. The minimum atomic E-state index is -3.27. The molecule has 0 radical (unpaired) electrons. The zero-order chi connectivity index (χ0) is 16.2. The summed E-state index contributed by atoms with van der Waals surface area (Å²) in [4.78, 5) is 13.5. The molecule has 8 heteroatoms. The van der Waals surface area contributed by atoms with Gasteiger partial charge in [0.15, 0.2) is 17.6 Å². The molecule has 0 unspecified atom stereocenters. The summed E-state index contributed by atoms with van der Waals surface area (Å²) in [6.45, 7) is 0.842. The van der Waals surface area contributed by atoms with Crippen molar-refractivity contribution >= 4 is 15.9 Å². The van der Waals surface area contributed by atoms with Crippen LogP contribution in [0.5, 0.6) is 11.5 Å². The molecule has 0 saturated heterocycles. The Morgan fingerprint density at radius 1 is 1.36 bits per heavy atom. The summed E-state index contributed by atoms with van der Waals surface area (Å²) in [7, 11) is -1.61. The van der Waals surface area contributed by atoms with Gasteiger partial charge in [0.05, 0.1) is 12.8 Å². The van der Waals surface area contributed by atoms with Crippen molar-refractivity contribution < 1.29 is 22.7 Å². The summed E-state index contributed by atoms with van der Waals surface area (Å²) in [5.74, 6) is 1.21. The summed E-state index contributed by atoms with van der Waals surface area (Å²) >= 11 is 0. The molecule has 0 fully saturated rings. The Balaban J connectivity index is 1.80. The van der Waals surface area contributed by atoms with Gasteiger partial charge in [-0.1, -0.05) is 12.1 Å². The number of ether oxygens (including phenoxy) is 2. The zero-order valence-electron chi connectivity index (χ0n) is 12.6. The predicted octanol–water partition coefficient (Wildman–Crippen LogP) is 0.224. The van der Waals surface area contributed by atoms with Crippen LogP contribution in [-0.4, -0.2) is 58.3 Å². The van der Waals surface area contributed by atoms with Gasteiger partial charge in [0.1, 0.15) is 6.61 Å². The van der Waals surface area contributed by atoms with Crippen LogP contribution in [0.3, 0.4) is 0 Å². The summed E-state index contributed by atoms with van der Waals surface area (Å²) in [6.07, 6.45) is 0.922. The van der Waals surface area contributed by atoms with Crippen molar-refractivity contribution in [3.8, 4) is 11.5 Å². The molecular formula is C14H20N2O5S. The number of carbonyl (C=O) groups excluding carboxylic acids is 1. The van der Waals surface area contributed by atoms with Crippen molar-refractivity contribution in [3.05, 3.63) is 24.3 Å². The largest absolute Gasteiger partial charge is 0.486 e. The van der Waals surface area contributed by atoms with Crippen molar-refractivity contribution in [2.24, 2.45) is 0 Å². The van der Waals surface area contributed by atoms with Crippen LogP contribution in [0.25, 0.3) is 0 Å². The van der Waals surface area contributed by atoms with Crippen molar-refractivity contribution in [3.63, 3.8) is 0 Å². The first kappa shape index (κ1) is 16.6. The number of hydrogen-bond acceptors (Lipinski definition) is 5. The molecule has 2 rings (SSSR count). The average Bonchev–Trinajstić information content (AvgIpc) is 2.45. The second-order valence-corrected chi connectivity index (χ2v) is 7.02. The van der Waals surface area contributed by atoms with Gasteiger partial charge < -0.3 is 14.4 Å². The van der Waals surface area contributed by atoms with Gasteiger partial charge in [-0.05, 0) is 12.1 Å². The van der Waals surface area contributed by atoms with Gasteiger partial charge in [0.25, 0.3) is 0 Å². The number of amides is 1. The number of nitrogens with zero attached hydrogens (tertiary/aromatic N) is 1. The lowest BCUT2D eigenvalue weighted by Gasteiger charge is -2.29. The summed E-state index contributed by atoms with van der Waals surface area (Å²) < 4.78 is 35.5. The van der Waals surface area contributed by atoms with Gasteiger partial charge in [-0.2, -0.15) is 0 Å². The second kappa shape index (κ2) is 6.97. The van der Waals surface area contributed by atoms with E-state index < -0.39 is 10.0 Å². The Bertz CT molecular complexity index is 632. The van der Waals surface area contributed by atoms with Gasteiger partial charge in [0.2, 0.25) is 15.9 Å². The monoisotopic (exact) mass is 328 g/mol. The summed E-state index contributed by atoms with van der Waals surface area (Å²) in [6, 6.07) is 7.37. The summed E-state index contributed by atoms with van der Waals surface area (Å²) in [5.41, 5.74) is 0. The second-order valence-electron chi connectivity index (χ2n) is 5.19. The van der Waals surface area contributed by atoms with E-state index in [9.17, 15) is 13.2 Å². The Labute approximate surface area is 130 Å². The van der Waals surface area contributed by atoms with E-state index in [-0.39, 0.29) is 25.0 Å². The van der Waals surface area contributed by atoms with E-state index in [2.05, 4.69) is 4.72 Å². The number of fused-ring (bicyclic) bond motifs is 1. The van der Waals surface area contributed by atoms with Crippen LogP contribution in [0, 0.1) is 0 Å². The molecule has 0 spiro atoms. The van der Waals surface area contributed by atoms with Crippen LogP contribution >= 0.6 is 0 Å². The molecule has 1 aliphatic rings. The third kappa shape index (κ3) is 4.88. The maximum Gasteiger partial charge on any atom is 0.223 e. The van der Waals surface area contributed by atoms with Crippen LogP contribution in [0.4, 0.5) is 0 Å². The molecule has 0 aromatic heterocycles. The molecule has 7 nitrogen and oxygen atoms in total. The first-order valence-electron chi connectivity index (χ1n) is 6.92. The molecule has 1 aromatic rings. The normalized spacial score (nSPS) is 17.1. The molecule has 22 heavy (non-hydrogen) atoms. The van der Waals surface area contributed by atoms with Gasteiger partial charge in [0, 0.05) is 20.0 Å². The van der Waals surface area contributed by atoms with Crippen molar-refractivity contribution in [1.29, 1.82) is 0 Å². The number of nitrogens with one attached hydrogen (secondary N) is 1. The average molecular weight is 328 g/mol. The molecular weight excluding hydrogens is 308 g/mol. The minimum absolute atomic E-state index is 0.0901. The predicted molar refractivity (Wildman–Crippen MR) is 81.5 cm³/mol. The first-order valence-corrected chi connectivity index (χ1v) is 8.81. The highest BCUT2D eigenvalue weighted by Crippen LogP contribution is 2.30. The fourth-order valence-electron chi connectivity index (χ4n) is 2.09. The fraction of sp³-hybridized carbons (Fsp3) is 0.500. The van der Waals surface area contributed by atoms with Crippen molar-refractivity contribution in [2.75, 3.05) is 33.0 Å². The van der Waals surface area contributed by atoms with E-state index in [0.717, 1.165) is 6.26 Å². The molecule has 1 aromatic carbocycles. The molecule has 1 N–H and O–H groups in total. The lowest BCUT2D eigenvalue weighted by molar-refractivity contribution is -0.131. The topological polar surface area (TPSA) is 84.9 Å². The molecule has 1 heterocycles. The van der Waals surface area contributed by atoms with E-state index in [4.69, 9.17) is 9.47 Å². The number of carbonyl (C=O) groups is 1. The Morgan fingerprint density at radius 3 is 2.73 bits per heavy atom. The number of para-hydroxylation sites is 2. The van der Waals surface area contributed by atoms with E-state index in [1.54, 1.807) is 7.05 Å². The van der Waals surface area contributed by atoms with Gasteiger partial charge >= 0.3 is 0 Å². The van der Waals surface area contributed by atoms with Crippen LogP contribution in [0.1, 0.15) is 6.42 Å². The van der Waals surface area contributed by atoms with Crippen molar-refractivity contribution in [1.82, 2.24) is 9.62 Å². The van der Waals surface area contributed by atoms with E-state index in [1.807, 2.05) is 24.3 Å². The van der Waals surface area contributed by atoms with Crippen molar-refractivity contribution in [2.45, 2.75) is 12.5 Å². The Morgan fingerprint density at radius 2 is 2.05 bits per heavy atom. The van der Waals surface area contributed by atoms with Crippen LogP contribution in [0.2, 0.25) is 0 Å². The van der Waals surface area contributed by atoms with Gasteiger partial charge in [-0.25, -0.2) is 13.1 Å². The molecule has 122 valence electrons. The van der Waals surface area contributed by atoms with Gasteiger partial charge in [-0.3, -0.25) is 4.79 Å². The molecule has 1 aliphatic heterocycles. The lowest BCUT2D eigenvalue weighted by Crippen LogP contribution is -2.42. The smallest absolute Gasteiger partial charge is 0.223 e. The molecule has 0 saturated carbocycles. The van der Waals surface area contributed by atoms with Crippen LogP contribution in [0.15, 0.2) is 24.3 Å². The third-order valence-corrected chi connectivity index (χ3v) is 3.90. The third-order valence-electron chi connectivity index (χ3n) is 3.17. The highest BCUT2D eigenvalue weighted by atomic mass is 32.2. The molecule has 1 amide bonds. The summed E-state index contributed by atoms with van der Waals surface area (Å²) in [5, 5.41) is 0. The fourth-order valence-corrected chi connectivity index (χ4v) is 2.57. The highest BCUT2D eigenvalue weighted by molar-refractivity contribution is 7.88. The lowest BCUT2D eigenvalue weighted by atomic mass is 10.2. The number of likely N-dealkylation sites (N-methyl/N-ethyl adjacent to an activating group) is 1. The zero-order valence-corrected chi connectivity index (χ0v) is 13.4. The number of benzene rings is 1. The minimum Gasteiger partial charge on any atom is -0.486 e. The maximum absolute atomic E-state index is 11.9. The maximum atomic E-state index is 11.9. The quantitative estimate of drug-likeness (QED) is 0.808. The number of sulfonamides is 1. The van der Waals surface area contributed by atoms with E-state index in [1.165, 1.54) is 4.90 Å². The van der Waals surface area contributed by atoms with Crippen LogP contribution < -0.4 is 14.2 Å².